The quantitative estimate of drug-likeness (QED) is 0.716. The number of rotatable bonds is 6. The van der Waals surface area contributed by atoms with E-state index in [-0.39, 0.29) is 5.91 Å². The van der Waals surface area contributed by atoms with E-state index in [4.69, 9.17) is 4.74 Å². The minimum atomic E-state index is -3.64. The Kier molecular flexibility index (Phi) is 6.47. The zero-order valence-electron chi connectivity index (χ0n) is 17.1. The molecule has 1 fully saturated rings. The van der Waals surface area contributed by atoms with Crippen molar-refractivity contribution in [3.05, 3.63) is 54.6 Å². The highest BCUT2D eigenvalue weighted by Crippen LogP contribution is 2.28. The average Bonchev–Trinajstić information content (AvgIpc) is 2.68. The molecule has 0 aliphatic carbocycles. The lowest BCUT2D eigenvalue weighted by molar-refractivity contribution is -0.133. The van der Waals surface area contributed by atoms with Gasteiger partial charge in [0.2, 0.25) is 15.9 Å². The van der Waals surface area contributed by atoms with E-state index in [1.54, 1.807) is 36.1 Å². The third kappa shape index (κ3) is 5.29. The molecule has 0 N–H and O–H groups in total. The van der Waals surface area contributed by atoms with E-state index in [0.29, 0.717) is 36.2 Å². The third-order valence-electron chi connectivity index (χ3n) is 5.11. The molecule has 0 spiro atoms. The lowest BCUT2D eigenvalue weighted by atomic mass is 10.00. The van der Waals surface area contributed by atoms with Crippen LogP contribution in [0, 0.1) is 5.92 Å². The van der Waals surface area contributed by atoms with Gasteiger partial charge in [-0.05, 0) is 62.1 Å². The molecule has 6 nitrogen and oxygen atoms in total. The molecule has 1 amide bonds. The van der Waals surface area contributed by atoms with Crippen molar-refractivity contribution in [3.63, 3.8) is 0 Å². The van der Waals surface area contributed by atoms with Gasteiger partial charge in [0.25, 0.3) is 0 Å². The monoisotopic (exact) mass is 416 g/mol. The summed E-state index contributed by atoms with van der Waals surface area (Å²) in [6.07, 6.45) is 3.17. The van der Waals surface area contributed by atoms with Crippen LogP contribution in [0.5, 0.6) is 11.5 Å². The van der Waals surface area contributed by atoms with Crippen LogP contribution in [0.1, 0.15) is 26.7 Å². The van der Waals surface area contributed by atoms with Gasteiger partial charge in [0.05, 0.1) is 11.9 Å². The van der Waals surface area contributed by atoms with E-state index in [0.717, 1.165) is 19.1 Å². The zero-order chi connectivity index (χ0) is 21.0. The highest BCUT2D eigenvalue weighted by atomic mass is 32.2. The topological polar surface area (TPSA) is 66.9 Å². The van der Waals surface area contributed by atoms with Crippen LogP contribution in [-0.2, 0) is 14.8 Å². The van der Waals surface area contributed by atoms with Gasteiger partial charge in [-0.25, -0.2) is 8.42 Å². The number of piperidine rings is 1. The number of benzene rings is 2. The Morgan fingerprint density at radius 3 is 2.31 bits per heavy atom. The molecule has 7 heteroatoms. The maximum Gasteiger partial charge on any atom is 0.246 e. The van der Waals surface area contributed by atoms with Crippen molar-refractivity contribution in [2.24, 2.45) is 5.92 Å². The van der Waals surface area contributed by atoms with Crippen molar-refractivity contribution >= 4 is 21.6 Å². The molecule has 1 saturated heterocycles. The van der Waals surface area contributed by atoms with Crippen LogP contribution in [-0.4, -0.2) is 44.6 Å². The first kappa shape index (κ1) is 21.2. The molecule has 1 aliphatic rings. The van der Waals surface area contributed by atoms with E-state index in [9.17, 15) is 13.2 Å². The summed E-state index contributed by atoms with van der Waals surface area (Å²) in [5, 5.41) is 0. The number of hydrogen-bond donors (Lipinski definition) is 0. The summed E-state index contributed by atoms with van der Waals surface area (Å²) in [6.45, 7) is 5.11. The van der Waals surface area contributed by atoms with Crippen molar-refractivity contribution in [1.82, 2.24) is 4.90 Å². The molecule has 0 bridgehead atoms. The number of nitrogens with zero attached hydrogens (tertiary/aromatic N) is 2. The first-order valence-corrected chi connectivity index (χ1v) is 11.7. The molecule has 2 aromatic carbocycles. The highest BCUT2D eigenvalue weighted by molar-refractivity contribution is 7.92. The largest absolute Gasteiger partial charge is 0.457 e. The summed E-state index contributed by atoms with van der Waals surface area (Å²) < 4.78 is 32.0. The van der Waals surface area contributed by atoms with Gasteiger partial charge < -0.3 is 9.64 Å². The van der Waals surface area contributed by atoms with Crippen LogP contribution in [0.3, 0.4) is 0 Å². The standard InChI is InChI=1S/C22H28N2O4S/c1-17-8-7-15-23(16-17)22(25)18(2)24(29(3,26)27)19-11-13-21(14-12-19)28-20-9-5-4-6-10-20/h4-6,9-14,17-18H,7-8,15-16H2,1-3H3. The summed E-state index contributed by atoms with van der Waals surface area (Å²) in [5.41, 5.74) is 0.443. The van der Waals surface area contributed by atoms with Gasteiger partial charge in [0.15, 0.2) is 0 Å². The Balaban J connectivity index is 1.80. The van der Waals surface area contributed by atoms with Crippen LogP contribution in [0.2, 0.25) is 0 Å². The maximum absolute atomic E-state index is 13.0. The Hall–Kier alpha value is -2.54. The van der Waals surface area contributed by atoms with Crippen molar-refractivity contribution in [3.8, 4) is 11.5 Å². The zero-order valence-corrected chi connectivity index (χ0v) is 17.9. The van der Waals surface area contributed by atoms with E-state index in [1.165, 1.54) is 4.31 Å². The van der Waals surface area contributed by atoms with Gasteiger partial charge in [-0.15, -0.1) is 0 Å². The molecule has 156 valence electrons. The maximum atomic E-state index is 13.0. The number of carbonyl (C=O) groups is 1. The molecule has 2 unspecified atom stereocenters. The second kappa shape index (κ2) is 8.86. The molecule has 1 heterocycles. The normalized spacial score (nSPS) is 18.2. The summed E-state index contributed by atoms with van der Waals surface area (Å²) >= 11 is 0. The molecule has 1 aliphatic heterocycles. The summed E-state index contributed by atoms with van der Waals surface area (Å²) in [7, 11) is -3.64. The van der Waals surface area contributed by atoms with Gasteiger partial charge in [-0.3, -0.25) is 9.10 Å². The van der Waals surface area contributed by atoms with E-state index < -0.39 is 16.1 Å². The molecule has 0 saturated carbocycles. The highest BCUT2D eigenvalue weighted by Gasteiger charge is 2.33. The van der Waals surface area contributed by atoms with Crippen molar-refractivity contribution in [2.45, 2.75) is 32.7 Å². The van der Waals surface area contributed by atoms with Crippen LogP contribution in [0.25, 0.3) is 0 Å². The number of sulfonamides is 1. The van der Waals surface area contributed by atoms with E-state index in [2.05, 4.69) is 6.92 Å². The minimum absolute atomic E-state index is 0.161. The van der Waals surface area contributed by atoms with Crippen molar-refractivity contribution in [2.75, 3.05) is 23.7 Å². The first-order valence-electron chi connectivity index (χ1n) is 9.87. The number of amides is 1. The lowest BCUT2D eigenvalue weighted by Crippen LogP contribution is -2.51. The predicted molar refractivity (Wildman–Crippen MR) is 115 cm³/mol. The molecule has 29 heavy (non-hydrogen) atoms. The molecule has 2 atom stereocenters. The number of carbonyl (C=O) groups excluding carboxylic acids is 1. The number of hydrogen-bond acceptors (Lipinski definition) is 4. The summed E-state index contributed by atoms with van der Waals surface area (Å²) in [6, 6.07) is 15.3. The number of para-hydroxylation sites is 1. The second-order valence-electron chi connectivity index (χ2n) is 7.68. The SMILES string of the molecule is CC1CCCN(C(=O)C(C)N(c2ccc(Oc3ccccc3)cc2)S(C)(=O)=O)C1. The van der Waals surface area contributed by atoms with Gasteiger partial charge in [0, 0.05) is 13.1 Å². The molecule has 3 rings (SSSR count). The fraction of sp³-hybridized carbons (Fsp3) is 0.409. The van der Waals surface area contributed by atoms with Crippen molar-refractivity contribution < 1.29 is 17.9 Å². The number of likely N-dealkylation sites (tertiary alicyclic amines) is 1. The predicted octanol–water partition coefficient (Wildman–Crippen LogP) is 3.89. The van der Waals surface area contributed by atoms with Gasteiger partial charge in [-0.2, -0.15) is 0 Å². The van der Waals surface area contributed by atoms with E-state index in [1.807, 2.05) is 30.3 Å². The smallest absolute Gasteiger partial charge is 0.246 e. The van der Waals surface area contributed by atoms with Crippen LogP contribution < -0.4 is 9.04 Å². The Morgan fingerprint density at radius 1 is 1.10 bits per heavy atom. The van der Waals surface area contributed by atoms with Crippen LogP contribution in [0.15, 0.2) is 54.6 Å². The third-order valence-corrected chi connectivity index (χ3v) is 6.35. The van der Waals surface area contributed by atoms with Crippen molar-refractivity contribution in [1.29, 1.82) is 0 Å². The fourth-order valence-electron chi connectivity index (χ4n) is 3.74. The fourth-order valence-corrected chi connectivity index (χ4v) is 4.91. The molecule has 0 aromatic heterocycles. The van der Waals surface area contributed by atoms with Crippen LogP contribution in [0.4, 0.5) is 5.69 Å². The summed E-state index contributed by atoms with van der Waals surface area (Å²) in [4.78, 5) is 14.8. The average molecular weight is 417 g/mol. The Bertz CT molecular complexity index is 929. The first-order chi connectivity index (χ1) is 13.8. The number of anilines is 1. The van der Waals surface area contributed by atoms with E-state index >= 15 is 0 Å². The van der Waals surface area contributed by atoms with Gasteiger partial charge in [-0.1, -0.05) is 25.1 Å². The van der Waals surface area contributed by atoms with Crippen LogP contribution >= 0.6 is 0 Å². The lowest BCUT2D eigenvalue weighted by Gasteiger charge is -2.36. The Morgan fingerprint density at radius 2 is 1.72 bits per heavy atom. The Labute approximate surface area is 173 Å². The summed E-state index contributed by atoms with van der Waals surface area (Å²) in [5.74, 6) is 1.56. The molecule has 0 radical (unpaired) electrons. The molecular weight excluding hydrogens is 388 g/mol. The minimum Gasteiger partial charge on any atom is -0.457 e. The molecular formula is C22H28N2O4S. The van der Waals surface area contributed by atoms with Gasteiger partial charge >= 0.3 is 0 Å². The second-order valence-corrected chi connectivity index (χ2v) is 9.53. The van der Waals surface area contributed by atoms with Gasteiger partial charge in [0.1, 0.15) is 17.5 Å². The molecule has 2 aromatic rings. The number of ether oxygens (including phenoxy) is 1.